The SMILES string of the molecule is COCCN1CC2(CCCN(C(=O)C3(c4ccc(OC)cc4)CC3)C2)CCC1=O. The quantitative estimate of drug-likeness (QED) is 0.737. The lowest BCUT2D eigenvalue weighted by Gasteiger charge is -2.48. The summed E-state index contributed by atoms with van der Waals surface area (Å²) in [4.78, 5) is 29.9. The normalized spacial score (nSPS) is 25.9. The molecule has 0 N–H and O–H groups in total. The highest BCUT2D eigenvalue weighted by molar-refractivity contribution is 5.91. The molecule has 29 heavy (non-hydrogen) atoms. The summed E-state index contributed by atoms with van der Waals surface area (Å²) in [5.41, 5.74) is 0.778. The predicted octanol–water partition coefficient (Wildman–Crippen LogP) is 2.60. The molecule has 1 spiro atoms. The number of hydrogen-bond donors (Lipinski definition) is 0. The van der Waals surface area contributed by atoms with Gasteiger partial charge in [-0.15, -0.1) is 0 Å². The van der Waals surface area contributed by atoms with E-state index in [1.54, 1.807) is 14.2 Å². The number of likely N-dealkylation sites (tertiary alicyclic amines) is 2. The van der Waals surface area contributed by atoms with Gasteiger partial charge in [-0.05, 0) is 49.8 Å². The fraction of sp³-hybridized carbons (Fsp3) is 0.652. The number of carbonyl (C=O) groups excluding carboxylic acids is 2. The van der Waals surface area contributed by atoms with E-state index in [1.165, 1.54) is 0 Å². The van der Waals surface area contributed by atoms with Crippen LogP contribution in [0.4, 0.5) is 0 Å². The molecule has 3 fully saturated rings. The lowest BCUT2D eigenvalue weighted by Crippen LogP contribution is -2.56. The maximum absolute atomic E-state index is 13.6. The van der Waals surface area contributed by atoms with Crippen molar-refractivity contribution in [3.63, 3.8) is 0 Å². The molecular formula is C23H32N2O4. The number of rotatable bonds is 6. The van der Waals surface area contributed by atoms with Crippen LogP contribution in [0.5, 0.6) is 5.75 Å². The highest BCUT2D eigenvalue weighted by Gasteiger charge is 2.54. The van der Waals surface area contributed by atoms with E-state index < -0.39 is 0 Å². The number of piperidine rings is 2. The molecule has 1 unspecified atom stereocenters. The van der Waals surface area contributed by atoms with Crippen molar-refractivity contribution in [1.82, 2.24) is 9.80 Å². The number of nitrogens with zero attached hydrogens (tertiary/aromatic N) is 2. The Bertz CT molecular complexity index is 759. The Labute approximate surface area is 173 Å². The van der Waals surface area contributed by atoms with Crippen molar-refractivity contribution in [3.05, 3.63) is 29.8 Å². The van der Waals surface area contributed by atoms with Gasteiger partial charge in [-0.3, -0.25) is 9.59 Å². The molecule has 158 valence electrons. The Hall–Kier alpha value is -2.08. The third-order valence-electron chi connectivity index (χ3n) is 7.06. The van der Waals surface area contributed by atoms with Crippen LogP contribution in [0.25, 0.3) is 0 Å². The number of benzene rings is 1. The zero-order chi connectivity index (χ0) is 20.5. The van der Waals surface area contributed by atoms with Gasteiger partial charge in [-0.2, -0.15) is 0 Å². The number of carbonyl (C=O) groups is 2. The molecule has 6 heteroatoms. The summed E-state index contributed by atoms with van der Waals surface area (Å²) in [6, 6.07) is 7.96. The largest absolute Gasteiger partial charge is 0.497 e. The summed E-state index contributed by atoms with van der Waals surface area (Å²) in [7, 11) is 3.32. The average Bonchev–Trinajstić information content (AvgIpc) is 3.56. The van der Waals surface area contributed by atoms with E-state index in [0.717, 1.165) is 63.1 Å². The molecule has 1 aromatic carbocycles. The second kappa shape index (κ2) is 7.98. The van der Waals surface area contributed by atoms with E-state index in [2.05, 4.69) is 4.90 Å². The lowest BCUT2D eigenvalue weighted by molar-refractivity contribution is -0.144. The van der Waals surface area contributed by atoms with Crippen molar-refractivity contribution in [1.29, 1.82) is 0 Å². The summed E-state index contributed by atoms with van der Waals surface area (Å²) in [6.07, 6.45) is 5.39. The molecule has 2 saturated heterocycles. The highest BCUT2D eigenvalue weighted by Crippen LogP contribution is 2.51. The Kier molecular flexibility index (Phi) is 5.56. The summed E-state index contributed by atoms with van der Waals surface area (Å²) in [5.74, 6) is 1.30. The molecule has 6 nitrogen and oxygen atoms in total. The van der Waals surface area contributed by atoms with Crippen LogP contribution in [0.2, 0.25) is 0 Å². The van der Waals surface area contributed by atoms with Gasteiger partial charge in [0.25, 0.3) is 0 Å². The first-order valence-electron chi connectivity index (χ1n) is 10.7. The van der Waals surface area contributed by atoms with Crippen LogP contribution in [0.1, 0.15) is 44.1 Å². The van der Waals surface area contributed by atoms with E-state index in [-0.39, 0.29) is 22.6 Å². The van der Waals surface area contributed by atoms with Crippen LogP contribution >= 0.6 is 0 Å². The van der Waals surface area contributed by atoms with Gasteiger partial charge in [-0.1, -0.05) is 12.1 Å². The molecule has 2 heterocycles. The molecule has 0 bridgehead atoms. The summed E-state index contributed by atoms with van der Waals surface area (Å²) >= 11 is 0. The maximum Gasteiger partial charge on any atom is 0.233 e. The molecule has 1 aromatic rings. The topological polar surface area (TPSA) is 59.1 Å². The molecule has 1 aliphatic carbocycles. The Morgan fingerprint density at radius 2 is 1.83 bits per heavy atom. The van der Waals surface area contributed by atoms with Crippen LogP contribution in [-0.2, 0) is 19.7 Å². The predicted molar refractivity (Wildman–Crippen MR) is 110 cm³/mol. The van der Waals surface area contributed by atoms with Crippen LogP contribution in [0.15, 0.2) is 24.3 Å². The van der Waals surface area contributed by atoms with Crippen LogP contribution < -0.4 is 4.74 Å². The van der Waals surface area contributed by atoms with Gasteiger partial charge in [0.2, 0.25) is 11.8 Å². The number of ether oxygens (including phenoxy) is 2. The van der Waals surface area contributed by atoms with Crippen molar-refractivity contribution >= 4 is 11.8 Å². The molecule has 0 aromatic heterocycles. The van der Waals surface area contributed by atoms with Gasteiger partial charge in [-0.25, -0.2) is 0 Å². The molecule has 2 aliphatic heterocycles. The lowest BCUT2D eigenvalue weighted by atomic mass is 9.73. The second-order valence-electron chi connectivity index (χ2n) is 8.95. The third kappa shape index (κ3) is 3.87. The van der Waals surface area contributed by atoms with E-state index in [1.807, 2.05) is 29.2 Å². The van der Waals surface area contributed by atoms with E-state index in [9.17, 15) is 9.59 Å². The van der Waals surface area contributed by atoms with Crippen molar-refractivity contribution in [2.24, 2.45) is 5.41 Å². The smallest absolute Gasteiger partial charge is 0.233 e. The van der Waals surface area contributed by atoms with Crippen LogP contribution in [0, 0.1) is 5.41 Å². The number of amides is 2. The van der Waals surface area contributed by atoms with E-state index >= 15 is 0 Å². The molecule has 2 amide bonds. The van der Waals surface area contributed by atoms with Gasteiger partial charge < -0.3 is 19.3 Å². The number of methoxy groups -OCH3 is 2. The van der Waals surface area contributed by atoms with Gasteiger partial charge in [0.05, 0.1) is 19.1 Å². The minimum Gasteiger partial charge on any atom is -0.497 e. The third-order valence-corrected chi connectivity index (χ3v) is 7.06. The summed E-state index contributed by atoms with van der Waals surface area (Å²) in [5, 5.41) is 0. The monoisotopic (exact) mass is 400 g/mol. The Balaban J connectivity index is 1.48. The fourth-order valence-corrected chi connectivity index (χ4v) is 5.19. The Morgan fingerprint density at radius 1 is 1.07 bits per heavy atom. The van der Waals surface area contributed by atoms with Crippen LogP contribution in [-0.4, -0.2) is 68.6 Å². The van der Waals surface area contributed by atoms with E-state index in [0.29, 0.717) is 19.6 Å². The first-order valence-corrected chi connectivity index (χ1v) is 10.7. The van der Waals surface area contributed by atoms with Gasteiger partial charge in [0.1, 0.15) is 5.75 Å². The molecule has 4 rings (SSSR count). The standard InChI is InChI=1S/C23H32N2O4/c1-28-15-14-24-16-22(10-8-20(24)26)9-3-13-25(17-22)21(27)23(11-12-23)18-4-6-19(29-2)7-5-18/h4-7H,3,8-17H2,1-2H3. The highest BCUT2D eigenvalue weighted by atomic mass is 16.5. The first kappa shape index (κ1) is 20.2. The zero-order valence-corrected chi connectivity index (χ0v) is 17.6. The maximum atomic E-state index is 13.6. The minimum atomic E-state index is -0.356. The molecule has 1 atom stereocenters. The van der Waals surface area contributed by atoms with Crippen molar-refractivity contribution < 1.29 is 19.1 Å². The first-order chi connectivity index (χ1) is 14.0. The summed E-state index contributed by atoms with van der Waals surface area (Å²) in [6.45, 7) is 3.53. The summed E-state index contributed by atoms with van der Waals surface area (Å²) < 4.78 is 10.4. The zero-order valence-electron chi connectivity index (χ0n) is 17.6. The second-order valence-corrected chi connectivity index (χ2v) is 8.95. The van der Waals surface area contributed by atoms with Gasteiger partial charge in [0.15, 0.2) is 0 Å². The van der Waals surface area contributed by atoms with Crippen molar-refractivity contribution in [2.75, 3.05) is 47.0 Å². The minimum absolute atomic E-state index is 0.0333. The molecular weight excluding hydrogens is 368 g/mol. The number of hydrogen-bond acceptors (Lipinski definition) is 4. The van der Waals surface area contributed by atoms with Crippen molar-refractivity contribution in [3.8, 4) is 5.75 Å². The fourth-order valence-electron chi connectivity index (χ4n) is 5.19. The van der Waals surface area contributed by atoms with Crippen LogP contribution in [0.3, 0.4) is 0 Å². The molecule has 1 saturated carbocycles. The van der Waals surface area contributed by atoms with Gasteiger partial charge in [0, 0.05) is 45.1 Å². The van der Waals surface area contributed by atoms with Gasteiger partial charge >= 0.3 is 0 Å². The average molecular weight is 401 g/mol. The van der Waals surface area contributed by atoms with E-state index in [4.69, 9.17) is 9.47 Å². The van der Waals surface area contributed by atoms with Crippen molar-refractivity contribution in [2.45, 2.75) is 43.9 Å². The molecule has 0 radical (unpaired) electrons. The Morgan fingerprint density at radius 3 is 2.48 bits per heavy atom. The molecule has 3 aliphatic rings.